The zero-order valence-electron chi connectivity index (χ0n) is 30.7. The Morgan fingerprint density at radius 1 is 0.918 bits per heavy atom. The van der Waals surface area contributed by atoms with E-state index >= 15 is 0 Å². The first kappa shape index (κ1) is 38.3. The van der Waals surface area contributed by atoms with Gasteiger partial charge in [-0.2, -0.15) is 0 Å². The first-order valence-electron chi connectivity index (χ1n) is 17.7. The number of aromatic nitrogens is 1. The first-order valence-corrected chi connectivity index (χ1v) is 17.7. The van der Waals surface area contributed by atoms with E-state index in [9.17, 15) is 9.90 Å². The van der Waals surface area contributed by atoms with Crippen molar-refractivity contribution < 1.29 is 34.4 Å². The fourth-order valence-corrected chi connectivity index (χ4v) is 7.30. The molecule has 5 aromatic rings. The molecule has 0 saturated heterocycles. The van der Waals surface area contributed by atoms with Crippen molar-refractivity contribution in [2.45, 2.75) is 99.8 Å². The number of ketones is 1. The minimum absolute atomic E-state index is 0. The molecule has 0 atom stereocenters. The number of carbonyl (C=O) groups is 1. The summed E-state index contributed by atoms with van der Waals surface area (Å²) >= 11 is 0. The number of hydrogen-bond acceptors (Lipinski definition) is 4. The summed E-state index contributed by atoms with van der Waals surface area (Å²) in [6.07, 6.45) is 5.94. The van der Waals surface area contributed by atoms with Crippen molar-refractivity contribution in [3.05, 3.63) is 101 Å². The fourth-order valence-electron chi connectivity index (χ4n) is 7.30. The molecule has 0 aliphatic heterocycles. The molecule has 0 spiro atoms. The number of hydrogen-bond donors (Lipinski definition) is 1. The largest absolute Gasteiger partial charge is 0.512 e. The van der Waals surface area contributed by atoms with E-state index in [-0.39, 0.29) is 54.3 Å². The number of aliphatic hydroxyl groups is 1. The summed E-state index contributed by atoms with van der Waals surface area (Å²) in [6.45, 7) is 19.6. The number of carbonyl (C=O) groups excluding carboxylic acids is 1. The van der Waals surface area contributed by atoms with Crippen molar-refractivity contribution >= 4 is 27.7 Å². The number of fused-ring (bicyclic) bond motifs is 6. The summed E-state index contributed by atoms with van der Waals surface area (Å²) in [5.41, 5.74) is 9.32. The van der Waals surface area contributed by atoms with Gasteiger partial charge in [-0.3, -0.25) is 4.79 Å². The predicted octanol–water partition coefficient (Wildman–Crippen LogP) is 12.2. The number of nitrogens with zero attached hydrogens (tertiary/aromatic N) is 1. The van der Waals surface area contributed by atoms with Gasteiger partial charge in [0.15, 0.2) is 11.7 Å². The Morgan fingerprint density at radius 3 is 2.18 bits per heavy atom. The van der Waals surface area contributed by atoms with Crippen LogP contribution in [0.1, 0.15) is 105 Å². The van der Waals surface area contributed by atoms with Gasteiger partial charge >= 0.3 is 0 Å². The third kappa shape index (κ3) is 7.95. The number of para-hydroxylation sites is 2. The summed E-state index contributed by atoms with van der Waals surface area (Å²) in [4.78, 5) is 16.6. The van der Waals surface area contributed by atoms with E-state index in [1.807, 2.05) is 52.0 Å². The van der Waals surface area contributed by atoms with Gasteiger partial charge in [-0.1, -0.05) is 133 Å². The zero-order chi connectivity index (χ0) is 34.8. The van der Waals surface area contributed by atoms with Gasteiger partial charge in [-0.25, -0.2) is 4.98 Å². The zero-order valence-corrected chi connectivity index (χ0v) is 33.1. The summed E-state index contributed by atoms with van der Waals surface area (Å²) in [7, 11) is 0. The van der Waals surface area contributed by atoms with Gasteiger partial charge in [0.05, 0.1) is 11.3 Å². The maximum Gasteiger partial charge on any atom is 0.162 e. The minimum Gasteiger partial charge on any atom is -0.512 e. The molecule has 0 bridgehead atoms. The number of aliphatic hydroxyl groups excluding tert-OH is 1. The number of allylic oxidation sites excluding steroid dienone is 2. The second-order valence-corrected chi connectivity index (χ2v) is 15.0. The van der Waals surface area contributed by atoms with E-state index in [4.69, 9.17) is 9.40 Å². The molecule has 5 heteroatoms. The summed E-state index contributed by atoms with van der Waals surface area (Å²) < 4.78 is 6.28. The Balaban J connectivity index is 0.000000290. The number of rotatable bonds is 9. The van der Waals surface area contributed by atoms with Crippen LogP contribution in [0.3, 0.4) is 0 Å². The molecule has 1 aliphatic carbocycles. The molecule has 6 rings (SSSR count). The minimum atomic E-state index is -0.125. The van der Waals surface area contributed by atoms with Crippen molar-refractivity contribution in [1.29, 1.82) is 0 Å². The second-order valence-electron chi connectivity index (χ2n) is 15.0. The Kier molecular flexibility index (Phi) is 12.2. The van der Waals surface area contributed by atoms with Crippen molar-refractivity contribution in [2.24, 2.45) is 17.3 Å². The number of oxazole rings is 1. The maximum atomic E-state index is 11.7. The smallest absolute Gasteiger partial charge is 0.162 e. The molecule has 1 aromatic heterocycles. The SMILES string of the molecule is CC(C)(C)Cc1ccc2c(c1)-c1c(-c3nc4ccccc4o3)[c-]c3ccccc3c1C2(C)C.CCC(CC)C(=O)/C=C(\O)C(CC)CC.[Ir]. The van der Waals surface area contributed by atoms with Crippen LogP contribution in [-0.2, 0) is 36.7 Å². The van der Waals surface area contributed by atoms with Gasteiger partial charge in [0, 0.05) is 43.4 Å². The maximum absolute atomic E-state index is 11.7. The summed E-state index contributed by atoms with van der Waals surface area (Å²) in [5.74, 6) is 1.19. The third-order valence-electron chi connectivity index (χ3n) is 9.93. The standard InChI is InChI=1S/C31H28NO.C13H24O2.Ir/c1-30(2,3)18-19-14-15-24-22(16-19)27-23(29-32-25-12-8-9-13-26(25)33-29)17-20-10-6-7-11-21(20)28(27)31(24,4)5;1-5-10(6-2)12(14)9-13(15)11(7-3)8-4;/h6-16H,18H2,1-5H3;9-11,14H,5-8H2,1-4H3;/q-1;;/b;12-9-;. The van der Waals surface area contributed by atoms with Crippen LogP contribution >= 0.6 is 0 Å². The van der Waals surface area contributed by atoms with Gasteiger partial charge < -0.3 is 9.52 Å². The van der Waals surface area contributed by atoms with Crippen molar-refractivity contribution in [3.63, 3.8) is 0 Å². The van der Waals surface area contributed by atoms with Crippen LogP contribution in [0.4, 0.5) is 0 Å². The van der Waals surface area contributed by atoms with E-state index in [1.165, 1.54) is 39.3 Å². The predicted molar refractivity (Wildman–Crippen MR) is 200 cm³/mol. The molecule has 1 aliphatic rings. The van der Waals surface area contributed by atoms with Crippen LogP contribution < -0.4 is 0 Å². The topological polar surface area (TPSA) is 63.3 Å². The van der Waals surface area contributed by atoms with Crippen LogP contribution in [0, 0.1) is 23.3 Å². The average Bonchev–Trinajstić information content (AvgIpc) is 3.58. The van der Waals surface area contributed by atoms with Gasteiger partial charge in [0.2, 0.25) is 0 Å². The van der Waals surface area contributed by atoms with Crippen molar-refractivity contribution in [2.75, 3.05) is 0 Å². The van der Waals surface area contributed by atoms with Crippen LogP contribution in [0.25, 0.3) is 44.5 Å². The van der Waals surface area contributed by atoms with Gasteiger partial charge in [-0.15, -0.1) is 17.5 Å². The molecule has 261 valence electrons. The Labute approximate surface area is 306 Å². The van der Waals surface area contributed by atoms with E-state index < -0.39 is 0 Å². The van der Waals surface area contributed by atoms with Crippen molar-refractivity contribution in [3.8, 4) is 22.6 Å². The molecule has 0 unspecified atom stereocenters. The van der Waals surface area contributed by atoms with Crippen LogP contribution in [0.5, 0.6) is 0 Å². The molecule has 0 amide bonds. The van der Waals surface area contributed by atoms with Crippen LogP contribution in [0.15, 0.2) is 83.0 Å². The Morgan fingerprint density at radius 2 is 1.55 bits per heavy atom. The summed E-state index contributed by atoms with van der Waals surface area (Å²) in [5, 5.41) is 12.1. The molecule has 4 aromatic carbocycles. The Bertz CT molecular complexity index is 1920. The molecular formula is C44H52IrNO3-. The monoisotopic (exact) mass is 835 g/mol. The van der Waals surface area contributed by atoms with E-state index in [0.717, 1.165) is 54.2 Å². The van der Waals surface area contributed by atoms with Gasteiger partial charge in [0.25, 0.3) is 0 Å². The molecule has 1 radical (unpaired) electrons. The van der Waals surface area contributed by atoms with E-state index in [0.29, 0.717) is 5.89 Å². The Hall–Kier alpha value is -3.53. The molecule has 4 nitrogen and oxygen atoms in total. The van der Waals surface area contributed by atoms with Gasteiger partial charge in [-0.05, 0) is 66.3 Å². The normalized spacial score (nSPS) is 13.7. The quantitative estimate of drug-likeness (QED) is 0.0913. The second kappa shape index (κ2) is 15.6. The van der Waals surface area contributed by atoms with E-state index in [2.05, 4.69) is 83.1 Å². The molecule has 49 heavy (non-hydrogen) atoms. The number of benzene rings is 4. The average molecular weight is 835 g/mol. The molecular weight excluding hydrogens is 783 g/mol. The van der Waals surface area contributed by atoms with E-state index in [1.54, 1.807) is 0 Å². The van der Waals surface area contributed by atoms with Gasteiger partial charge in [0.1, 0.15) is 5.58 Å². The molecule has 1 N–H and O–H groups in total. The van der Waals surface area contributed by atoms with Crippen LogP contribution in [0.2, 0.25) is 0 Å². The third-order valence-corrected chi connectivity index (χ3v) is 9.93. The summed E-state index contributed by atoms with van der Waals surface area (Å²) in [6, 6.07) is 27.3. The fraction of sp³-hybridized carbons (Fsp3) is 0.409. The van der Waals surface area contributed by atoms with Crippen molar-refractivity contribution in [1.82, 2.24) is 4.98 Å². The first-order chi connectivity index (χ1) is 22.8. The molecule has 0 saturated carbocycles. The molecule has 1 heterocycles. The van der Waals surface area contributed by atoms with Crippen LogP contribution in [-0.4, -0.2) is 15.9 Å². The molecule has 0 fully saturated rings.